The maximum atomic E-state index is 12.9. The average Bonchev–Trinajstić information content (AvgIpc) is 3.06. The third-order valence-electron chi connectivity index (χ3n) is 5.01. The van der Waals surface area contributed by atoms with Gasteiger partial charge in [0.15, 0.2) is 0 Å². The molecule has 6 nitrogen and oxygen atoms in total. The Morgan fingerprint density at radius 2 is 1.89 bits per heavy atom. The number of hydrogen-bond acceptors (Lipinski definition) is 4. The SMILES string of the molecule is CCc1nc2ccccc2n1CC(=O)N1CCN(c2ccc(Br)cn2)CC1. The number of para-hydroxylation sites is 2. The molecule has 4 rings (SSSR count). The van der Waals surface area contributed by atoms with E-state index in [2.05, 4.69) is 42.3 Å². The van der Waals surface area contributed by atoms with Crippen LogP contribution in [0, 0.1) is 0 Å². The minimum Gasteiger partial charge on any atom is -0.353 e. The van der Waals surface area contributed by atoms with Crippen LogP contribution < -0.4 is 4.90 Å². The summed E-state index contributed by atoms with van der Waals surface area (Å²) in [4.78, 5) is 26.2. The number of rotatable bonds is 4. The number of aromatic nitrogens is 3. The van der Waals surface area contributed by atoms with E-state index in [0.717, 1.165) is 46.7 Å². The fourth-order valence-electron chi connectivity index (χ4n) is 3.55. The van der Waals surface area contributed by atoms with Crippen molar-refractivity contribution >= 4 is 38.7 Å². The van der Waals surface area contributed by atoms with Gasteiger partial charge in [-0.1, -0.05) is 19.1 Å². The van der Waals surface area contributed by atoms with E-state index >= 15 is 0 Å². The van der Waals surface area contributed by atoms with Gasteiger partial charge in [0.25, 0.3) is 0 Å². The van der Waals surface area contributed by atoms with Gasteiger partial charge in [-0.05, 0) is 40.2 Å². The number of carbonyl (C=O) groups excluding carboxylic acids is 1. The van der Waals surface area contributed by atoms with E-state index in [1.54, 1.807) is 0 Å². The van der Waals surface area contributed by atoms with Crippen LogP contribution in [-0.2, 0) is 17.8 Å². The lowest BCUT2D eigenvalue weighted by Crippen LogP contribution is -2.49. The third kappa shape index (κ3) is 3.69. The number of hydrogen-bond donors (Lipinski definition) is 0. The molecule has 0 saturated carbocycles. The van der Waals surface area contributed by atoms with Crippen LogP contribution in [0.1, 0.15) is 12.7 Å². The second kappa shape index (κ2) is 7.68. The van der Waals surface area contributed by atoms with Gasteiger partial charge in [0.2, 0.25) is 5.91 Å². The topological polar surface area (TPSA) is 54.3 Å². The zero-order valence-corrected chi connectivity index (χ0v) is 16.9. The van der Waals surface area contributed by atoms with E-state index in [4.69, 9.17) is 0 Å². The highest BCUT2D eigenvalue weighted by Gasteiger charge is 2.23. The van der Waals surface area contributed by atoms with Gasteiger partial charge >= 0.3 is 0 Å². The number of imidazole rings is 1. The minimum atomic E-state index is 0.149. The van der Waals surface area contributed by atoms with Crippen molar-refractivity contribution in [1.29, 1.82) is 0 Å². The number of aryl methyl sites for hydroxylation is 1. The monoisotopic (exact) mass is 427 g/mol. The fourth-order valence-corrected chi connectivity index (χ4v) is 3.78. The highest BCUT2D eigenvalue weighted by Crippen LogP contribution is 2.19. The molecule has 1 fully saturated rings. The fraction of sp³-hybridized carbons (Fsp3) is 0.350. The zero-order valence-electron chi connectivity index (χ0n) is 15.3. The molecule has 0 bridgehead atoms. The Morgan fingerprint density at radius 1 is 1.11 bits per heavy atom. The van der Waals surface area contributed by atoms with Crippen molar-refractivity contribution in [3.63, 3.8) is 0 Å². The van der Waals surface area contributed by atoms with Crippen molar-refractivity contribution in [3.05, 3.63) is 52.9 Å². The standard InChI is InChI=1S/C20H22BrN5O/c1-2-18-23-16-5-3-4-6-17(16)26(18)14-20(27)25-11-9-24(10-12-25)19-8-7-15(21)13-22-19/h3-8,13H,2,9-12,14H2,1H3. The van der Waals surface area contributed by atoms with Gasteiger partial charge in [0, 0.05) is 43.3 Å². The largest absolute Gasteiger partial charge is 0.353 e. The number of benzene rings is 1. The predicted octanol–water partition coefficient (Wildman–Crippen LogP) is 3.11. The van der Waals surface area contributed by atoms with Crippen molar-refractivity contribution in [2.45, 2.75) is 19.9 Å². The van der Waals surface area contributed by atoms with E-state index in [1.165, 1.54) is 0 Å². The molecule has 2 aromatic heterocycles. The molecular weight excluding hydrogens is 406 g/mol. The summed E-state index contributed by atoms with van der Waals surface area (Å²) in [5.41, 5.74) is 1.98. The Bertz CT molecular complexity index is 945. The van der Waals surface area contributed by atoms with Crippen molar-refractivity contribution in [1.82, 2.24) is 19.4 Å². The third-order valence-corrected chi connectivity index (χ3v) is 5.48. The Balaban J connectivity index is 1.44. The summed E-state index contributed by atoms with van der Waals surface area (Å²) in [7, 11) is 0. The number of halogens is 1. The smallest absolute Gasteiger partial charge is 0.242 e. The molecule has 1 aromatic carbocycles. The highest BCUT2D eigenvalue weighted by atomic mass is 79.9. The number of pyridine rings is 1. The normalized spacial score (nSPS) is 14.7. The van der Waals surface area contributed by atoms with Crippen LogP contribution in [0.15, 0.2) is 47.1 Å². The molecule has 1 aliphatic heterocycles. The molecule has 7 heteroatoms. The van der Waals surface area contributed by atoms with E-state index in [1.807, 2.05) is 47.5 Å². The predicted molar refractivity (Wildman–Crippen MR) is 110 cm³/mol. The van der Waals surface area contributed by atoms with Crippen LogP contribution in [0.3, 0.4) is 0 Å². The first-order valence-electron chi connectivity index (χ1n) is 9.24. The van der Waals surface area contributed by atoms with Crippen molar-refractivity contribution < 1.29 is 4.79 Å². The molecule has 1 saturated heterocycles. The quantitative estimate of drug-likeness (QED) is 0.641. The maximum absolute atomic E-state index is 12.9. The molecule has 0 spiro atoms. The van der Waals surface area contributed by atoms with Crippen LogP contribution in [0.2, 0.25) is 0 Å². The second-order valence-corrected chi connectivity index (χ2v) is 7.57. The Morgan fingerprint density at radius 3 is 2.59 bits per heavy atom. The van der Waals surface area contributed by atoms with Crippen molar-refractivity contribution in [2.24, 2.45) is 0 Å². The molecular formula is C20H22BrN5O. The summed E-state index contributed by atoms with van der Waals surface area (Å²) in [6.07, 6.45) is 2.62. The molecule has 0 N–H and O–H groups in total. The van der Waals surface area contributed by atoms with Gasteiger partial charge in [0.1, 0.15) is 18.2 Å². The van der Waals surface area contributed by atoms with Gasteiger partial charge in [-0.3, -0.25) is 4.79 Å². The average molecular weight is 428 g/mol. The minimum absolute atomic E-state index is 0.149. The van der Waals surface area contributed by atoms with Gasteiger partial charge in [-0.2, -0.15) is 0 Å². The number of fused-ring (bicyclic) bond motifs is 1. The first-order chi connectivity index (χ1) is 13.2. The molecule has 1 aliphatic rings. The number of anilines is 1. The molecule has 0 atom stereocenters. The van der Waals surface area contributed by atoms with Crippen LogP contribution in [0.25, 0.3) is 11.0 Å². The number of piperazine rings is 1. The lowest BCUT2D eigenvalue weighted by Gasteiger charge is -2.35. The summed E-state index contributed by atoms with van der Waals surface area (Å²) in [6, 6.07) is 12.0. The Hall–Kier alpha value is -2.41. The Kier molecular flexibility index (Phi) is 5.11. The highest BCUT2D eigenvalue weighted by molar-refractivity contribution is 9.10. The summed E-state index contributed by atoms with van der Waals surface area (Å²) in [5.74, 6) is 2.07. The molecule has 0 unspecified atom stereocenters. The van der Waals surface area contributed by atoms with Gasteiger partial charge in [-0.25, -0.2) is 9.97 Å². The van der Waals surface area contributed by atoms with E-state index in [0.29, 0.717) is 19.6 Å². The van der Waals surface area contributed by atoms with Crippen LogP contribution in [-0.4, -0.2) is 51.5 Å². The van der Waals surface area contributed by atoms with Gasteiger partial charge < -0.3 is 14.4 Å². The molecule has 1 amide bonds. The van der Waals surface area contributed by atoms with Crippen molar-refractivity contribution in [2.75, 3.05) is 31.1 Å². The Labute approximate surface area is 166 Å². The van der Waals surface area contributed by atoms with Crippen LogP contribution in [0.4, 0.5) is 5.82 Å². The van der Waals surface area contributed by atoms with E-state index in [9.17, 15) is 4.79 Å². The second-order valence-electron chi connectivity index (χ2n) is 6.66. The summed E-state index contributed by atoms with van der Waals surface area (Å²) in [6.45, 7) is 5.44. The van der Waals surface area contributed by atoms with E-state index in [-0.39, 0.29) is 5.91 Å². The van der Waals surface area contributed by atoms with Crippen LogP contribution in [0.5, 0.6) is 0 Å². The summed E-state index contributed by atoms with van der Waals surface area (Å²) < 4.78 is 3.03. The molecule has 0 radical (unpaired) electrons. The number of carbonyl (C=O) groups is 1. The number of nitrogens with zero attached hydrogens (tertiary/aromatic N) is 5. The summed E-state index contributed by atoms with van der Waals surface area (Å²) in [5, 5.41) is 0. The van der Waals surface area contributed by atoms with Gasteiger partial charge in [0.05, 0.1) is 11.0 Å². The molecule has 3 aromatic rings. The molecule has 27 heavy (non-hydrogen) atoms. The first-order valence-corrected chi connectivity index (χ1v) is 10.0. The lowest BCUT2D eigenvalue weighted by atomic mass is 10.3. The molecule has 3 heterocycles. The summed E-state index contributed by atoms with van der Waals surface area (Å²) >= 11 is 3.41. The lowest BCUT2D eigenvalue weighted by molar-refractivity contribution is -0.132. The van der Waals surface area contributed by atoms with Gasteiger partial charge in [-0.15, -0.1) is 0 Å². The zero-order chi connectivity index (χ0) is 18.8. The van der Waals surface area contributed by atoms with E-state index < -0.39 is 0 Å². The maximum Gasteiger partial charge on any atom is 0.242 e. The first kappa shape index (κ1) is 18.0. The molecule has 140 valence electrons. The van der Waals surface area contributed by atoms with Crippen LogP contribution >= 0.6 is 15.9 Å². The number of amides is 1. The molecule has 0 aliphatic carbocycles. The van der Waals surface area contributed by atoms with Crippen molar-refractivity contribution in [3.8, 4) is 0 Å².